The molecule has 1 heteroatoms. The van der Waals surface area contributed by atoms with Gasteiger partial charge in [-0.1, -0.05) is 68.8 Å². The molecule has 0 aliphatic rings. The molecule has 0 N–H and O–H groups in total. The molecule has 0 spiro atoms. The van der Waals surface area contributed by atoms with E-state index in [2.05, 4.69) is 90.1 Å². The third kappa shape index (κ3) is 3.92. The maximum Gasteiger partial charge on any atom is 1.00 e. The van der Waals surface area contributed by atoms with E-state index in [4.69, 9.17) is 0 Å². The van der Waals surface area contributed by atoms with Gasteiger partial charge in [0, 0.05) is 0 Å². The van der Waals surface area contributed by atoms with Crippen molar-refractivity contribution in [2.45, 2.75) is 41.5 Å². The van der Waals surface area contributed by atoms with Gasteiger partial charge in [0.15, 0.2) is 0 Å². The molecule has 0 unspecified atom stereocenters. The molecule has 0 saturated carbocycles. The van der Waals surface area contributed by atoms with Crippen LogP contribution in [0.15, 0.2) is 42.5 Å². The Morgan fingerprint density at radius 1 is 0.560 bits per heavy atom. The molecule has 25 heavy (non-hydrogen) atoms. The zero-order valence-corrected chi connectivity index (χ0v) is 16.5. The average molecular weight is 320 g/mol. The zero-order chi connectivity index (χ0) is 17.4. The molecular formula is C24H25Li. The summed E-state index contributed by atoms with van der Waals surface area (Å²) in [6.07, 6.45) is 0. The van der Waals surface area contributed by atoms with Crippen molar-refractivity contribution in [1.29, 1.82) is 0 Å². The van der Waals surface area contributed by atoms with Gasteiger partial charge in [0.05, 0.1) is 0 Å². The predicted molar refractivity (Wildman–Crippen MR) is 105 cm³/mol. The minimum absolute atomic E-state index is 0. The van der Waals surface area contributed by atoms with Crippen LogP contribution >= 0.6 is 0 Å². The molecule has 0 aliphatic heterocycles. The molecule has 3 aromatic rings. The second-order valence-corrected chi connectivity index (χ2v) is 7.03. The normalized spacial score (nSPS) is 10.5. The summed E-state index contributed by atoms with van der Waals surface area (Å²) < 4.78 is 0. The first-order chi connectivity index (χ1) is 11.4. The quantitative estimate of drug-likeness (QED) is 0.499. The van der Waals surface area contributed by atoms with Crippen LogP contribution in [0.3, 0.4) is 0 Å². The number of benzene rings is 3. The van der Waals surface area contributed by atoms with E-state index in [-0.39, 0.29) is 18.9 Å². The molecule has 0 saturated heterocycles. The third-order valence-electron chi connectivity index (χ3n) is 4.69. The van der Waals surface area contributed by atoms with Gasteiger partial charge in [0.1, 0.15) is 0 Å². The third-order valence-corrected chi connectivity index (χ3v) is 4.69. The smallest absolute Gasteiger partial charge is 0.129 e. The van der Waals surface area contributed by atoms with E-state index in [0.717, 1.165) is 0 Å². The summed E-state index contributed by atoms with van der Waals surface area (Å²) in [5.41, 5.74) is 12.9. The van der Waals surface area contributed by atoms with Crippen LogP contribution in [0.5, 0.6) is 0 Å². The molecule has 0 radical (unpaired) electrons. The monoisotopic (exact) mass is 320 g/mol. The molecule has 0 bridgehead atoms. The van der Waals surface area contributed by atoms with Gasteiger partial charge in [-0.05, 0) is 41.5 Å². The van der Waals surface area contributed by atoms with Crippen LogP contribution in [-0.2, 0) is 0 Å². The van der Waals surface area contributed by atoms with Crippen LogP contribution in [0.1, 0.15) is 33.4 Å². The van der Waals surface area contributed by atoms with Gasteiger partial charge >= 0.3 is 18.9 Å². The van der Waals surface area contributed by atoms with Gasteiger partial charge in [-0.25, -0.2) is 0 Å². The van der Waals surface area contributed by atoms with Gasteiger partial charge in [0.2, 0.25) is 0 Å². The fourth-order valence-electron chi connectivity index (χ4n) is 3.97. The number of rotatable bonds is 2. The Bertz CT molecular complexity index is 800. The summed E-state index contributed by atoms with van der Waals surface area (Å²) in [7, 11) is 0. The first-order valence-electron chi connectivity index (χ1n) is 8.55. The minimum atomic E-state index is 0. The standard InChI is InChI=1S/C24H25.Li/c1-15-10-17(3)23(18(4)11-15)21-8-7-9-22(14-21)24-19(5)12-16(2)13-20(24)6;/h7-13H,1-6H3;/q-1;+1. The van der Waals surface area contributed by atoms with E-state index in [1.165, 1.54) is 55.6 Å². The van der Waals surface area contributed by atoms with Crippen molar-refractivity contribution < 1.29 is 18.9 Å². The number of aryl methyl sites for hydroxylation is 6. The Morgan fingerprint density at radius 3 is 1.20 bits per heavy atom. The van der Waals surface area contributed by atoms with Crippen LogP contribution in [0.4, 0.5) is 0 Å². The van der Waals surface area contributed by atoms with Crippen molar-refractivity contribution in [2.75, 3.05) is 0 Å². The molecule has 0 aromatic heterocycles. The Morgan fingerprint density at radius 2 is 0.880 bits per heavy atom. The van der Waals surface area contributed by atoms with E-state index in [1.807, 2.05) is 0 Å². The van der Waals surface area contributed by atoms with Crippen molar-refractivity contribution >= 4 is 0 Å². The second-order valence-electron chi connectivity index (χ2n) is 7.03. The minimum Gasteiger partial charge on any atom is -0.129 e. The topological polar surface area (TPSA) is 0 Å². The maximum atomic E-state index is 3.68. The molecule has 0 aliphatic carbocycles. The van der Waals surface area contributed by atoms with Crippen molar-refractivity contribution in [3.05, 3.63) is 81.9 Å². The van der Waals surface area contributed by atoms with Crippen molar-refractivity contribution in [1.82, 2.24) is 0 Å². The van der Waals surface area contributed by atoms with Crippen molar-refractivity contribution in [3.63, 3.8) is 0 Å². The molecule has 3 aromatic carbocycles. The summed E-state index contributed by atoms with van der Waals surface area (Å²) in [4.78, 5) is 0. The molecule has 0 atom stereocenters. The molecule has 0 nitrogen and oxygen atoms in total. The first kappa shape index (κ1) is 19.6. The van der Waals surface area contributed by atoms with Gasteiger partial charge in [0.25, 0.3) is 0 Å². The first-order valence-corrected chi connectivity index (χ1v) is 8.55. The fourth-order valence-corrected chi connectivity index (χ4v) is 3.97. The van der Waals surface area contributed by atoms with Gasteiger partial charge < -0.3 is 0 Å². The largest absolute Gasteiger partial charge is 1.00 e. The summed E-state index contributed by atoms with van der Waals surface area (Å²) in [5, 5.41) is 0. The van der Waals surface area contributed by atoms with Crippen molar-refractivity contribution in [2.24, 2.45) is 0 Å². The van der Waals surface area contributed by atoms with E-state index in [0.29, 0.717) is 0 Å². The van der Waals surface area contributed by atoms with E-state index in [1.54, 1.807) is 0 Å². The molecular weight excluding hydrogens is 295 g/mol. The average Bonchev–Trinajstić information content (AvgIpc) is 2.45. The Balaban J connectivity index is 0.00000225. The Labute approximate surface area is 164 Å². The fraction of sp³-hybridized carbons (Fsp3) is 0.250. The number of hydrogen-bond donors (Lipinski definition) is 0. The van der Waals surface area contributed by atoms with Gasteiger partial charge in [-0.3, -0.25) is 0 Å². The van der Waals surface area contributed by atoms with E-state index < -0.39 is 0 Å². The van der Waals surface area contributed by atoms with E-state index in [9.17, 15) is 0 Å². The van der Waals surface area contributed by atoms with Crippen LogP contribution in [-0.4, -0.2) is 0 Å². The zero-order valence-electron chi connectivity index (χ0n) is 16.5. The van der Waals surface area contributed by atoms with Crippen molar-refractivity contribution in [3.8, 4) is 22.3 Å². The Kier molecular flexibility index (Phi) is 5.99. The summed E-state index contributed by atoms with van der Waals surface area (Å²) >= 11 is 0. The SMILES string of the molecule is Cc1cc(C)c(-c2[c-]c(-c3c(C)cc(C)cc3C)ccc2)c(C)c1.[Li+]. The molecule has 122 valence electrons. The second kappa shape index (κ2) is 7.65. The summed E-state index contributed by atoms with van der Waals surface area (Å²) in [6, 6.07) is 19.2. The van der Waals surface area contributed by atoms with Gasteiger partial charge in [-0.15, -0.1) is 35.4 Å². The maximum absolute atomic E-state index is 3.68. The van der Waals surface area contributed by atoms with Crippen LogP contribution in [0.2, 0.25) is 0 Å². The molecule has 3 rings (SSSR count). The molecule has 0 fully saturated rings. The van der Waals surface area contributed by atoms with Crippen LogP contribution in [0, 0.1) is 47.6 Å². The van der Waals surface area contributed by atoms with Crippen LogP contribution in [0.25, 0.3) is 22.3 Å². The molecule has 0 amide bonds. The summed E-state index contributed by atoms with van der Waals surface area (Å²) in [5.74, 6) is 0. The number of hydrogen-bond acceptors (Lipinski definition) is 0. The molecule has 0 heterocycles. The predicted octanol–water partition coefficient (Wildman–Crippen LogP) is 3.68. The van der Waals surface area contributed by atoms with E-state index >= 15 is 0 Å². The summed E-state index contributed by atoms with van der Waals surface area (Å²) in [6.45, 7) is 13.1. The Hall–Kier alpha value is -1.74. The van der Waals surface area contributed by atoms with Gasteiger partial charge in [-0.2, -0.15) is 0 Å². The van der Waals surface area contributed by atoms with Crippen LogP contribution < -0.4 is 18.9 Å².